The summed E-state index contributed by atoms with van der Waals surface area (Å²) in [7, 11) is 1.58. The number of nitriles is 1. The molecule has 4 heteroatoms. The molecular weight excluding hydrogens is 306 g/mol. The van der Waals surface area contributed by atoms with E-state index in [2.05, 4.69) is 22.0 Å². The zero-order valence-electron chi connectivity index (χ0n) is 10.4. The first-order valence-corrected chi connectivity index (χ1v) is 6.47. The zero-order valence-corrected chi connectivity index (χ0v) is 12.0. The smallest absolute Gasteiger partial charge is 0.162 e. The van der Waals surface area contributed by atoms with Gasteiger partial charge in [-0.1, -0.05) is 28.1 Å². The second-order valence-electron chi connectivity index (χ2n) is 3.89. The lowest BCUT2D eigenvalue weighted by Gasteiger charge is -2.11. The maximum Gasteiger partial charge on any atom is 0.162 e. The molecule has 2 aromatic carbocycles. The predicted molar refractivity (Wildman–Crippen MR) is 76.2 cm³/mol. The maximum atomic E-state index is 8.89. The maximum absolute atomic E-state index is 8.89. The number of hydrogen-bond acceptors (Lipinski definition) is 3. The van der Waals surface area contributed by atoms with Crippen molar-refractivity contribution in [3.05, 3.63) is 58.1 Å². The third-order valence-electron chi connectivity index (χ3n) is 2.60. The molecule has 0 aromatic heterocycles. The van der Waals surface area contributed by atoms with Crippen molar-refractivity contribution in [3.8, 4) is 17.6 Å². The van der Waals surface area contributed by atoms with Gasteiger partial charge in [0, 0.05) is 10.5 Å². The van der Waals surface area contributed by atoms with E-state index in [9.17, 15) is 0 Å². The molecule has 2 aromatic rings. The minimum absolute atomic E-state index is 0.429. The van der Waals surface area contributed by atoms with Crippen LogP contribution in [-0.4, -0.2) is 7.11 Å². The lowest BCUT2D eigenvalue weighted by atomic mass is 10.2. The minimum atomic E-state index is 0.429. The van der Waals surface area contributed by atoms with E-state index in [-0.39, 0.29) is 0 Å². The number of hydrogen-bond donors (Lipinski definition) is 0. The van der Waals surface area contributed by atoms with Gasteiger partial charge in [-0.2, -0.15) is 5.26 Å². The number of halogens is 1. The number of methoxy groups -OCH3 is 1. The number of benzene rings is 2. The second kappa shape index (κ2) is 6.26. The van der Waals surface area contributed by atoms with Crippen molar-refractivity contribution in [3.63, 3.8) is 0 Å². The summed E-state index contributed by atoms with van der Waals surface area (Å²) in [5.74, 6) is 1.19. The molecule has 0 heterocycles. The monoisotopic (exact) mass is 317 g/mol. The molecule has 0 N–H and O–H groups in total. The van der Waals surface area contributed by atoms with E-state index in [0.717, 1.165) is 10.0 Å². The van der Waals surface area contributed by atoms with E-state index in [4.69, 9.17) is 14.7 Å². The summed E-state index contributed by atoms with van der Waals surface area (Å²) < 4.78 is 11.9. The summed E-state index contributed by atoms with van der Waals surface area (Å²) in [4.78, 5) is 0. The zero-order chi connectivity index (χ0) is 13.7. The Balaban J connectivity index is 2.14. The fraction of sp³-hybridized carbons (Fsp3) is 0.133. The van der Waals surface area contributed by atoms with E-state index in [1.54, 1.807) is 25.3 Å². The fourth-order valence-electron chi connectivity index (χ4n) is 1.60. The van der Waals surface area contributed by atoms with Crippen molar-refractivity contribution in [2.24, 2.45) is 0 Å². The van der Waals surface area contributed by atoms with E-state index in [1.165, 1.54) is 0 Å². The van der Waals surface area contributed by atoms with Gasteiger partial charge in [0.25, 0.3) is 0 Å². The molecule has 3 nitrogen and oxygen atoms in total. The minimum Gasteiger partial charge on any atom is -0.493 e. The summed E-state index contributed by atoms with van der Waals surface area (Å²) in [5, 5.41) is 8.89. The lowest BCUT2D eigenvalue weighted by Crippen LogP contribution is -1.98. The van der Waals surface area contributed by atoms with E-state index >= 15 is 0 Å². The molecule has 0 amide bonds. The molecule has 0 spiro atoms. The molecule has 96 valence electrons. The van der Waals surface area contributed by atoms with Gasteiger partial charge in [-0.3, -0.25) is 0 Å². The quantitative estimate of drug-likeness (QED) is 0.858. The first-order chi connectivity index (χ1) is 9.22. The largest absolute Gasteiger partial charge is 0.493 e. The van der Waals surface area contributed by atoms with E-state index in [0.29, 0.717) is 23.7 Å². The molecule has 2 rings (SSSR count). The van der Waals surface area contributed by atoms with Crippen LogP contribution in [-0.2, 0) is 6.61 Å². The van der Waals surface area contributed by atoms with Gasteiger partial charge >= 0.3 is 0 Å². The highest BCUT2D eigenvalue weighted by Crippen LogP contribution is 2.28. The average Bonchev–Trinajstić information content (AvgIpc) is 2.46. The Kier molecular flexibility index (Phi) is 4.43. The summed E-state index contributed by atoms with van der Waals surface area (Å²) in [6.45, 7) is 0.429. The molecular formula is C15H12BrNO2. The Morgan fingerprint density at radius 3 is 2.47 bits per heavy atom. The van der Waals surface area contributed by atoms with Gasteiger partial charge in [-0.25, -0.2) is 0 Å². The van der Waals surface area contributed by atoms with Gasteiger partial charge in [0.1, 0.15) is 6.61 Å². The Bertz CT molecular complexity index is 603. The topological polar surface area (TPSA) is 42.2 Å². The van der Waals surface area contributed by atoms with Crippen molar-refractivity contribution in [2.75, 3.05) is 7.11 Å². The van der Waals surface area contributed by atoms with Crippen molar-refractivity contribution in [1.82, 2.24) is 0 Å². The normalized spacial score (nSPS) is 9.74. The molecule has 0 saturated carbocycles. The van der Waals surface area contributed by atoms with Gasteiger partial charge in [-0.05, 0) is 29.8 Å². The van der Waals surface area contributed by atoms with Gasteiger partial charge in [0.15, 0.2) is 11.5 Å². The summed E-state index contributed by atoms with van der Waals surface area (Å²) in [6, 6.07) is 15.1. The Hall–Kier alpha value is -1.99. The van der Waals surface area contributed by atoms with Crippen molar-refractivity contribution in [1.29, 1.82) is 5.26 Å². The molecule has 0 saturated heterocycles. The lowest BCUT2D eigenvalue weighted by molar-refractivity contribution is 0.284. The van der Waals surface area contributed by atoms with E-state index < -0.39 is 0 Å². The third kappa shape index (κ3) is 3.49. The van der Waals surface area contributed by atoms with Gasteiger partial charge in [0.05, 0.1) is 18.7 Å². The summed E-state index contributed by atoms with van der Waals surface area (Å²) in [5.41, 5.74) is 1.60. The molecule has 0 atom stereocenters. The average molecular weight is 318 g/mol. The molecule has 0 radical (unpaired) electrons. The van der Waals surface area contributed by atoms with Crippen LogP contribution in [0.2, 0.25) is 0 Å². The van der Waals surface area contributed by atoms with Gasteiger partial charge < -0.3 is 9.47 Å². The highest BCUT2D eigenvalue weighted by Gasteiger charge is 2.06. The molecule has 0 bridgehead atoms. The fourth-order valence-corrected chi connectivity index (χ4v) is 1.87. The molecule has 0 fully saturated rings. The Morgan fingerprint density at radius 2 is 1.84 bits per heavy atom. The standard InChI is InChI=1S/C15H12BrNO2/c1-18-14-7-4-12(9-17)8-15(14)19-10-11-2-5-13(16)6-3-11/h2-8H,10H2,1H3. The van der Waals surface area contributed by atoms with Crippen LogP contribution >= 0.6 is 15.9 Å². The molecule has 19 heavy (non-hydrogen) atoms. The van der Waals surface area contributed by atoms with Crippen LogP contribution < -0.4 is 9.47 Å². The van der Waals surface area contributed by atoms with Gasteiger partial charge in [0.2, 0.25) is 0 Å². The van der Waals surface area contributed by atoms with Crippen LogP contribution in [0.3, 0.4) is 0 Å². The third-order valence-corrected chi connectivity index (χ3v) is 3.13. The van der Waals surface area contributed by atoms with Crippen LogP contribution in [0.25, 0.3) is 0 Å². The van der Waals surface area contributed by atoms with Gasteiger partial charge in [-0.15, -0.1) is 0 Å². The van der Waals surface area contributed by atoms with Crippen LogP contribution in [0.15, 0.2) is 46.9 Å². The summed E-state index contributed by atoms with van der Waals surface area (Å²) >= 11 is 3.39. The predicted octanol–water partition coefficient (Wildman–Crippen LogP) is 3.91. The van der Waals surface area contributed by atoms with Crippen LogP contribution in [0.4, 0.5) is 0 Å². The number of nitrogens with zero attached hydrogens (tertiary/aromatic N) is 1. The van der Waals surface area contributed by atoms with Crippen LogP contribution in [0.1, 0.15) is 11.1 Å². The molecule has 0 unspecified atom stereocenters. The molecule has 0 aliphatic rings. The Labute approximate surface area is 120 Å². The Morgan fingerprint density at radius 1 is 1.11 bits per heavy atom. The SMILES string of the molecule is COc1ccc(C#N)cc1OCc1ccc(Br)cc1. The summed E-state index contributed by atoms with van der Waals surface area (Å²) in [6.07, 6.45) is 0. The number of ether oxygens (including phenoxy) is 2. The highest BCUT2D eigenvalue weighted by atomic mass is 79.9. The van der Waals surface area contributed by atoms with Crippen LogP contribution in [0.5, 0.6) is 11.5 Å². The van der Waals surface area contributed by atoms with Crippen molar-refractivity contribution in [2.45, 2.75) is 6.61 Å². The molecule has 0 aliphatic heterocycles. The first-order valence-electron chi connectivity index (χ1n) is 5.68. The second-order valence-corrected chi connectivity index (χ2v) is 4.81. The first kappa shape index (κ1) is 13.4. The number of rotatable bonds is 4. The van der Waals surface area contributed by atoms with Crippen LogP contribution in [0, 0.1) is 11.3 Å². The van der Waals surface area contributed by atoms with Crippen molar-refractivity contribution < 1.29 is 9.47 Å². The highest BCUT2D eigenvalue weighted by molar-refractivity contribution is 9.10. The van der Waals surface area contributed by atoms with E-state index in [1.807, 2.05) is 24.3 Å². The molecule has 0 aliphatic carbocycles. The van der Waals surface area contributed by atoms with Crippen molar-refractivity contribution >= 4 is 15.9 Å².